The van der Waals surface area contributed by atoms with Crippen molar-refractivity contribution in [2.75, 3.05) is 53.5 Å². The topological polar surface area (TPSA) is 62.3 Å². The van der Waals surface area contributed by atoms with Crippen molar-refractivity contribution in [1.82, 2.24) is 14.7 Å². The van der Waals surface area contributed by atoms with Gasteiger partial charge in [0.05, 0.1) is 25.2 Å². The van der Waals surface area contributed by atoms with Crippen molar-refractivity contribution in [1.29, 1.82) is 0 Å². The molecular weight excluding hydrogens is 526 g/mol. The zero-order chi connectivity index (χ0) is 29.1. The number of carbonyl (C=O) groups excluding carboxylic acids is 2. The Bertz CT molecular complexity index is 1380. The molecule has 0 aromatic heterocycles. The maximum atomic E-state index is 13.6. The van der Waals surface area contributed by atoms with Gasteiger partial charge in [-0.05, 0) is 73.7 Å². The second kappa shape index (κ2) is 12.2. The smallest absolute Gasteiger partial charge is 0.257 e. The minimum atomic E-state index is -0.233. The minimum absolute atomic E-state index is 0.0296. The molecule has 0 saturated carbocycles. The van der Waals surface area contributed by atoms with Crippen LogP contribution in [-0.4, -0.2) is 80.0 Å². The van der Waals surface area contributed by atoms with E-state index in [9.17, 15) is 9.59 Å². The molecule has 3 heterocycles. The fourth-order valence-corrected chi connectivity index (χ4v) is 7.25. The van der Waals surface area contributed by atoms with Crippen LogP contribution in [-0.2, 0) is 11.3 Å². The van der Waals surface area contributed by atoms with Crippen LogP contribution in [0.5, 0.6) is 11.5 Å². The van der Waals surface area contributed by atoms with Gasteiger partial charge in [0.1, 0.15) is 11.5 Å². The fourth-order valence-electron chi connectivity index (χ4n) is 7.25. The number of benzene rings is 3. The summed E-state index contributed by atoms with van der Waals surface area (Å²) in [7, 11) is 3.28. The number of amides is 2. The molecule has 0 aliphatic carbocycles. The van der Waals surface area contributed by atoms with Crippen molar-refractivity contribution in [2.45, 2.75) is 31.7 Å². The molecule has 1 spiro atoms. The quantitative estimate of drug-likeness (QED) is 0.380. The second-order valence-corrected chi connectivity index (χ2v) is 12.1. The Labute approximate surface area is 249 Å². The standard InChI is InChI=1S/C35H41N3O4/c1-41-29-14-12-26(13-15-29)22-37-21-18-35(34(37)40)16-19-36(20-17-35)23-28-24-38(25-31(28)27-8-4-3-5-9-27)33(39)30-10-6-7-11-32(30)42-2/h3-15,28,31H,16-25H2,1-2H3. The van der Waals surface area contributed by atoms with Crippen molar-refractivity contribution in [3.05, 3.63) is 95.6 Å². The lowest BCUT2D eigenvalue weighted by Crippen LogP contribution is -2.46. The van der Waals surface area contributed by atoms with E-state index in [4.69, 9.17) is 9.47 Å². The first-order chi connectivity index (χ1) is 20.5. The van der Waals surface area contributed by atoms with Gasteiger partial charge < -0.3 is 24.2 Å². The van der Waals surface area contributed by atoms with E-state index >= 15 is 0 Å². The van der Waals surface area contributed by atoms with E-state index < -0.39 is 0 Å². The molecule has 220 valence electrons. The molecule has 0 radical (unpaired) electrons. The van der Waals surface area contributed by atoms with Crippen LogP contribution in [0.25, 0.3) is 0 Å². The van der Waals surface area contributed by atoms with Crippen LogP contribution in [0.3, 0.4) is 0 Å². The van der Waals surface area contributed by atoms with Gasteiger partial charge in [0.15, 0.2) is 0 Å². The summed E-state index contributed by atoms with van der Waals surface area (Å²) in [6.07, 6.45) is 2.74. The Hall–Kier alpha value is -3.84. The van der Waals surface area contributed by atoms with Gasteiger partial charge >= 0.3 is 0 Å². The number of hydrogen-bond donors (Lipinski definition) is 0. The van der Waals surface area contributed by atoms with Gasteiger partial charge in [0.25, 0.3) is 5.91 Å². The number of piperidine rings is 1. The van der Waals surface area contributed by atoms with Crippen LogP contribution < -0.4 is 9.47 Å². The molecule has 7 heteroatoms. The largest absolute Gasteiger partial charge is 0.497 e. The van der Waals surface area contributed by atoms with Gasteiger partial charge in [-0.2, -0.15) is 0 Å². The number of likely N-dealkylation sites (tertiary alicyclic amines) is 3. The molecule has 6 rings (SSSR count). The molecule has 2 amide bonds. The number of ether oxygens (including phenoxy) is 2. The maximum Gasteiger partial charge on any atom is 0.257 e. The molecule has 2 unspecified atom stereocenters. The number of hydrogen-bond acceptors (Lipinski definition) is 5. The molecule has 2 atom stereocenters. The molecule has 3 aliphatic rings. The second-order valence-electron chi connectivity index (χ2n) is 12.1. The third kappa shape index (κ3) is 5.62. The SMILES string of the molecule is COc1ccc(CN2CCC3(CCN(CC4CN(C(=O)c5ccccc5OC)CC4c4ccccc4)CC3)C2=O)cc1. The summed E-state index contributed by atoms with van der Waals surface area (Å²) in [6.45, 7) is 5.65. The predicted octanol–water partition coefficient (Wildman–Crippen LogP) is 5.07. The van der Waals surface area contributed by atoms with Gasteiger partial charge in [-0.3, -0.25) is 9.59 Å². The third-order valence-corrected chi connectivity index (χ3v) is 9.73. The van der Waals surface area contributed by atoms with E-state index in [1.165, 1.54) is 5.56 Å². The number of rotatable bonds is 8. The van der Waals surface area contributed by atoms with E-state index in [0.717, 1.165) is 56.8 Å². The average Bonchev–Trinajstić information content (AvgIpc) is 3.59. The monoisotopic (exact) mass is 567 g/mol. The number of nitrogens with zero attached hydrogens (tertiary/aromatic N) is 3. The summed E-state index contributed by atoms with van der Waals surface area (Å²) in [6, 6.07) is 26.1. The molecular formula is C35H41N3O4. The van der Waals surface area contributed by atoms with Gasteiger partial charge in [-0.1, -0.05) is 54.6 Å². The highest BCUT2D eigenvalue weighted by atomic mass is 16.5. The molecule has 42 heavy (non-hydrogen) atoms. The lowest BCUT2D eigenvalue weighted by atomic mass is 9.76. The van der Waals surface area contributed by atoms with Gasteiger partial charge in [0.2, 0.25) is 5.91 Å². The zero-order valence-corrected chi connectivity index (χ0v) is 24.7. The first-order valence-electron chi connectivity index (χ1n) is 15.1. The molecule has 0 N–H and O–H groups in total. The van der Waals surface area contributed by atoms with E-state index in [-0.39, 0.29) is 17.2 Å². The zero-order valence-electron chi connectivity index (χ0n) is 24.7. The van der Waals surface area contributed by atoms with Crippen molar-refractivity contribution >= 4 is 11.8 Å². The highest BCUT2D eigenvalue weighted by Gasteiger charge is 2.48. The number of methoxy groups -OCH3 is 2. The molecule has 3 fully saturated rings. The van der Waals surface area contributed by atoms with Crippen LogP contribution in [0.15, 0.2) is 78.9 Å². The molecule has 3 aliphatic heterocycles. The Morgan fingerprint density at radius 1 is 0.833 bits per heavy atom. The van der Waals surface area contributed by atoms with E-state index in [1.807, 2.05) is 64.4 Å². The van der Waals surface area contributed by atoms with Crippen LogP contribution in [0.1, 0.15) is 46.7 Å². The average molecular weight is 568 g/mol. The van der Waals surface area contributed by atoms with Crippen LogP contribution in [0.2, 0.25) is 0 Å². The van der Waals surface area contributed by atoms with E-state index in [1.54, 1.807) is 14.2 Å². The number of carbonyl (C=O) groups is 2. The lowest BCUT2D eigenvalue weighted by Gasteiger charge is -2.39. The van der Waals surface area contributed by atoms with Crippen LogP contribution >= 0.6 is 0 Å². The molecule has 3 aromatic carbocycles. The van der Waals surface area contributed by atoms with Crippen molar-refractivity contribution in [3.8, 4) is 11.5 Å². The van der Waals surface area contributed by atoms with Crippen molar-refractivity contribution < 1.29 is 19.1 Å². The first-order valence-corrected chi connectivity index (χ1v) is 15.1. The van der Waals surface area contributed by atoms with E-state index in [2.05, 4.69) is 29.2 Å². The first kappa shape index (κ1) is 28.3. The Morgan fingerprint density at radius 2 is 1.52 bits per heavy atom. The lowest BCUT2D eigenvalue weighted by molar-refractivity contribution is -0.139. The summed E-state index contributed by atoms with van der Waals surface area (Å²) >= 11 is 0. The van der Waals surface area contributed by atoms with E-state index in [0.29, 0.717) is 42.8 Å². The highest BCUT2D eigenvalue weighted by molar-refractivity contribution is 5.97. The maximum absolute atomic E-state index is 13.6. The van der Waals surface area contributed by atoms with Crippen molar-refractivity contribution in [2.24, 2.45) is 11.3 Å². The summed E-state index contributed by atoms with van der Waals surface area (Å²) in [5, 5.41) is 0. The normalized spacial score (nSPS) is 22.1. The third-order valence-electron chi connectivity index (χ3n) is 9.73. The summed E-state index contributed by atoms with van der Waals surface area (Å²) < 4.78 is 10.8. The molecule has 7 nitrogen and oxygen atoms in total. The summed E-state index contributed by atoms with van der Waals surface area (Å²) in [5.41, 5.74) is 2.81. The molecule has 0 bridgehead atoms. The summed E-state index contributed by atoms with van der Waals surface area (Å²) in [4.78, 5) is 33.8. The van der Waals surface area contributed by atoms with Crippen LogP contribution in [0, 0.1) is 11.3 Å². The minimum Gasteiger partial charge on any atom is -0.497 e. The predicted molar refractivity (Wildman–Crippen MR) is 163 cm³/mol. The molecule has 3 saturated heterocycles. The van der Waals surface area contributed by atoms with Gasteiger partial charge in [0, 0.05) is 38.6 Å². The van der Waals surface area contributed by atoms with Crippen LogP contribution in [0.4, 0.5) is 0 Å². The molecule has 3 aromatic rings. The highest BCUT2D eigenvalue weighted by Crippen LogP contribution is 2.43. The Morgan fingerprint density at radius 3 is 2.24 bits per heavy atom. The number of para-hydroxylation sites is 1. The summed E-state index contributed by atoms with van der Waals surface area (Å²) in [5.74, 6) is 2.39. The Balaban J connectivity index is 1.10. The fraction of sp³-hybridized carbons (Fsp3) is 0.429. The Kier molecular flexibility index (Phi) is 8.20. The van der Waals surface area contributed by atoms with Gasteiger partial charge in [-0.15, -0.1) is 0 Å². The van der Waals surface area contributed by atoms with Crippen molar-refractivity contribution in [3.63, 3.8) is 0 Å². The van der Waals surface area contributed by atoms with Gasteiger partial charge in [-0.25, -0.2) is 0 Å².